The number of imidazole rings is 1. The molecule has 40 heavy (non-hydrogen) atoms. The molecule has 0 saturated carbocycles. The lowest BCUT2D eigenvalue weighted by atomic mass is 9.94. The zero-order chi connectivity index (χ0) is 27.1. The van der Waals surface area contributed by atoms with Gasteiger partial charge in [0.15, 0.2) is 5.65 Å². The van der Waals surface area contributed by atoms with Crippen molar-refractivity contribution in [2.24, 2.45) is 5.92 Å². The molecule has 0 spiro atoms. The Kier molecular flexibility index (Phi) is 6.05. The third-order valence-electron chi connectivity index (χ3n) is 7.47. The molecule has 0 atom stereocenters. The van der Waals surface area contributed by atoms with Gasteiger partial charge in [-0.15, -0.1) is 0 Å². The predicted molar refractivity (Wildman–Crippen MR) is 153 cm³/mol. The van der Waals surface area contributed by atoms with Crippen molar-refractivity contribution in [1.82, 2.24) is 45.0 Å². The average molecular weight is 533 g/mol. The first-order chi connectivity index (χ1) is 19.6. The summed E-state index contributed by atoms with van der Waals surface area (Å²) >= 11 is 0. The van der Waals surface area contributed by atoms with E-state index in [4.69, 9.17) is 0 Å². The van der Waals surface area contributed by atoms with E-state index >= 15 is 0 Å². The number of pyridine rings is 3. The third-order valence-corrected chi connectivity index (χ3v) is 7.47. The molecular weight excluding hydrogens is 504 g/mol. The number of hydrogen-bond acceptors (Lipinski definition) is 7. The molecular formula is C29H28N10O. The van der Waals surface area contributed by atoms with Gasteiger partial charge >= 0.3 is 0 Å². The maximum Gasteiger partial charge on any atom is 0.224 e. The Hall–Kier alpha value is -4.90. The summed E-state index contributed by atoms with van der Waals surface area (Å²) < 4.78 is 1.99. The lowest BCUT2D eigenvalue weighted by Crippen LogP contribution is -2.30. The second-order valence-electron chi connectivity index (χ2n) is 10.3. The minimum Gasteiger partial charge on any atom is -0.338 e. The number of carbonyl (C=O) groups excluding carboxylic acids is 1. The van der Waals surface area contributed by atoms with Gasteiger partial charge in [0.1, 0.15) is 5.65 Å². The molecule has 11 nitrogen and oxygen atoms in total. The van der Waals surface area contributed by atoms with Gasteiger partial charge in [0.05, 0.1) is 41.0 Å². The number of amides is 1. The Bertz CT molecular complexity index is 1840. The second kappa shape index (κ2) is 10.0. The molecule has 1 aliphatic rings. The van der Waals surface area contributed by atoms with Gasteiger partial charge in [-0.3, -0.25) is 14.9 Å². The Morgan fingerprint density at radius 3 is 2.77 bits per heavy atom. The molecule has 1 aliphatic heterocycles. The molecule has 1 saturated heterocycles. The number of nitrogens with one attached hydrogen (secondary N) is 4. The summed E-state index contributed by atoms with van der Waals surface area (Å²) in [4.78, 5) is 33.9. The fourth-order valence-electron chi connectivity index (χ4n) is 5.41. The number of H-pyrrole nitrogens is 2. The minimum atomic E-state index is 0.0224. The van der Waals surface area contributed by atoms with E-state index in [-0.39, 0.29) is 5.91 Å². The van der Waals surface area contributed by atoms with Crippen LogP contribution in [-0.4, -0.2) is 58.7 Å². The van der Waals surface area contributed by atoms with Crippen molar-refractivity contribution in [3.8, 4) is 28.2 Å². The Labute approximate surface area is 229 Å². The van der Waals surface area contributed by atoms with Gasteiger partial charge in [-0.2, -0.15) is 5.10 Å². The highest BCUT2D eigenvalue weighted by atomic mass is 16.1. The number of aryl methyl sites for hydroxylation is 1. The summed E-state index contributed by atoms with van der Waals surface area (Å²) in [5, 5.41) is 15.8. The number of piperidine rings is 1. The topological polar surface area (TPSA) is 142 Å². The van der Waals surface area contributed by atoms with Gasteiger partial charge in [-0.05, 0) is 63.0 Å². The molecule has 6 aromatic rings. The van der Waals surface area contributed by atoms with E-state index in [9.17, 15) is 4.79 Å². The first-order valence-electron chi connectivity index (χ1n) is 13.4. The van der Waals surface area contributed by atoms with E-state index in [0.717, 1.165) is 76.2 Å². The Morgan fingerprint density at radius 2 is 1.93 bits per heavy atom. The smallest absolute Gasteiger partial charge is 0.224 e. The molecule has 11 heteroatoms. The molecule has 7 rings (SSSR count). The molecule has 0 aromatic carbocycles. The lowest BCUT2D eigenvalue weighted by molar-refractivity contribution is -0.117. The normalized spacial score (nSPS) is 14.2. The van der Waals surface area contributed by atoms with Crippen LogP contribution < -0.4 is 10.6 Å². The monoisotopic (exact) mass is 532 g/mol. The standard InChI is InChI=1S/C29H28N10O/c1-17-15-39(16-34-17)25-4-7-32-28-22(25)11-24(36-28)27-23-10-20(13-33-29(23)38-37-27)19-9-21(14-31-12-19)35-26(40)8-18-2-5-30-6-3-18/h4,7,9-16,18,30H,2-3,5-6,8H2,1H3,(H,32,36)(H,35,40)(H,33,37,38). The highest BCUT2D eigenvalue weighted by molar-refractivity contribution is 5.97. The maximum absolute atomic E-state index is 12.7. The number of aromatic nitrogens is 8. The number of anilines is 1. The van der Waals surface area contributed by atoms with Crippen LogP contribution in [0.25, 0.3) is 50.3 Å². The number of fused-ring (bicyclic) bond motifs is 2. The molecule has 0 unspecified atom stereocenters. The molecule has 200 valence electrons. The van der Waals surface area contributed by atoms with Crippen molar-refractivity contribution in [3.63, 3.8) is 0 Å². The highest BCUT2D eigenvalue weighted by Crippen LogP contribution is 2.32. The molecule has 0 aliphatic carbocycles. The van der Waals surface area contributed by atoms with Crippen molar-refractivity contribution in [3.05, 3.63) is 67.3 Å². The van der Waals surface area contributed by atoms with Gasteiger partial charge in [0.25, 0.3) is 0 Å². The average Bonchev–Trinajstić information content (AvgIpc) is 3.71. The number of rotatable bonds is 6. The SMILES string of the molecule is Cc1cn(-c2ccnc3[nH]c(-c4[nH]nc5ncc(-c6cncc(NC(=O)CC7CCNCC7)c6)cc45)cc23)cn1. The second-order valence-corrected chi connectivity index (χ2v) is 10.3. The van der Waals surface area contributed by atoms with E-state index in [2.05, 4.69) is 51.8 Å². The summed E-state index contributed by atoms with van der Waals surface area (Å²) in [6.45, 7) is 3.91. The van der Waals surface area contributed by atoms with Gasteiger partial charge in [0, 0.05) is 53.1 Å². The van der Waals surface area contributed by atoms with Crippen LogP contribution in [0.2, 0.25) is 0 Å². The van der Waals surface area contributed by atoms with Crippen molar-refractivity contribution in [1.29, 1.82) is 0 Å². The van der Waals surface area contributed by atoms with Gasteiger partial charge in [0.2, 0.25) is 5.91 Å². The molecule has 1 amide bonds. The Balaban J connectivity index is 1.19. The van der Waals surface area contributed by atoms with Crippen LogP contribution in [0.15, 0.2) is 61.6 Å². The van der Waals surface area contributed by atoms with E-state index in [1.807, 2.05) is 35.9 Å². The van der Waals surface area contributed by atoms with Crippen LogP contribution >= 0.6 is 0 Å². The van der Waals surface area contributed by atoms with Crippen LogP contribution in [0, 0.1) is 12.8 Å². The molecule has 0 radical (unpaired) electrons. The lowest BCUT2D eigenvalue weighted by Gasteiger charge is -2.21. The van der Waals surface area contributed by atoms with Crippen LogP contribution in [0.1, 0.15) is 25.0 Å². The van der Waals surface area contributed by atoms with Crippen LogP contribution in [0.3, 0.4) is 0 Å². The van der Waals surface area contributed by atoms with E-state index in [0.29, 0.717) is 23.7 Å². The maximum atomic E-state index is 12.7. The molecule has 1 fully saturated rings. The number of carbonyl (C=O) groups is 1. The fraction of sp³-hybridized carbons (Fsp3) is 0.241. The third kappa shape index (κ3) is 4.60. The van der Waals surface area contributed by atoms with Crippen molar-refractivity contribution in [2.45, 2.75) is 26.2 Å². The van der Waals surface area contributed by atoms with Gasteiger partial charge in [-0.25, -0.2) is 15.0 Å². The van der Waals surface area contributed by atoms with Crippen LogP contribution in [0.5, 0.6) is 0 Å². The van der Waals surface area contributed by atoms with E-state index in [1.165, 1.54) is 0 Å². The molecule has 7 heterocycles. The summed E-state index contributed by atoms with van der Waals surface area (Å²) in [7, 11) is 0. The summed E-state index contributed by atoms with van der Waals surface area (Å²) in [5.74, 6) is 0.442. The van der Waals surface area contributed by atoms with E-state index in [1.54, 1.807) is 31.1 Å². The molecule has 0 bridgehead atoms. The molecule has 4 N–H and O–H groups in total. The summed E-state index contributed by atoms with van der Waals surface area (Å²) in [6, 6.07) is 8.00. The van der Waals surface area contributed by atoms with E-state index < -0.39 is 0 Å². The largest absolute Gasteiger partial charge is 0.338 e. The summed E-state index contributed by atoms with van der Waals surface area (Å²) in [5.41, 5.74) is 7.38. The van der Waals surface area contributed by atoms with Gasteiger partial charge in [-0.1, -0.05) is 0 Å². The fourth-order valence-corrected chi connectivity index (χ4v) is 5.41. The zero-order valence-corrected chi connectivity index (χ0v) is 22.0. The summed E-state index contributed by atoms with van der Waals surface area (Å²) in [6.07, 6.45) is 13.4. The number of aromatic amines is 2. The van der Waals surface area contributed by atoms with Crippen molar-refractivity contribution < 1.29 is 4.79 Å². The minimum absolute atomic E-state index is 0.0224. The number of hydrogen-bond donors (Lipinski definition) is 4. The van der Waals surface area contributed by atoms with Crippen molar-refractivity contribution in [2.75, 3.05) is 18.4 Å². The first kappa shape index (κ1) is 24.2. The zero-order valence-electron chi connectivity index (χ0n) is 22.0. The van der Waals surface area contributed by atoms with Gasteiger partial charge < -0.3 is 20.2 Å². The predicted octanol–water partition coefficient (Wildman–Crippen LogP) is 4.39. The van der Waals surface area contributed by atoms with Crippen molar-refractivity contribution >= 4 is 33.7 Å². The Morgan fingerprint density at radius 1 is 1.05 bits per heavy atom. The van der Waals surface area contributed by atoms with Crippen LogP contribution in [0.4, 0.5) is 5.69 Å². The highest BCUT2D eigenvalue weighted by Gasteiger charge is 2.18. The number of nitrogens with zero attached hydrogens (tertiary/aromatic N) is 6. The van der Waals surface area contributed by atoms with Crippen LogP contribution in [-0.2, 0) is 4.79 Å². The molecule has 6 aromatic heterocycles. The first-order valence-corrected chi connectivity index (χ1v) is 13.4. The quantitative estimate of drug-likeness (QED) is 0.249.